The summed E-state index contributed by atoms with van der Waals surface area (Å²) < 4.78 is 1.95. The first-order valence-corrected chi connectivity index (χ1v) is 5.08. The van der Waals surface area contributed by atoms with E-state index in [9.17, 15) is 0 Å². The highest BCUT2D eigenvalue weighted by Gasteiger charge is 2.27. The fourth-order valence-corrected chi connectivity index (χ4v) is 1.59. The first-order chi connectivity index (χ1) is 6.29. The molecule has 13 heavy (non-hydrogen) atoms. The summed E-state index contributed by atoms with van der Waals surface area (Å²) in [5.41, 5.74) is 1.15. The molecule has 1 heterocycles. The van der Waals surface area contributed by atoms with Gasteiger partial charge in [0, 0.05) is 18.8 Å². The van der Waals surface area contributed by atoms with Gasteiger partial charge in [-0.1, -0.05) is 0 Å². The quantitative estimate of drug-likeness (QED) is 0.767. The number of aryl methyl sites for hydroxylation is 1. The van der Waals surface area contributed by atoms with E-state index in [1.165, 1.54) is 12.8 Å². The first kappa shape index (κ1) is 8.60. The largest absolute Gasteiger partial charge is 0.380 e. The molecule has 1 fully saturated rings. The third kappa shape index (κ3) is 2.02. The van der Waals surface area contributed by atoms with Crippen molar-refractivity contribution >= 4 is 5.69 Å². The number of anilines is 1. The van der Waals surface area contributed by atoms with Crippen molar-refractivity contribution in [3.8, 4) is 0 Å². The summed E-state index contributed by atoms with van der Waals surface area (Å²) in [5.74, 6) is 0.893. The van der Waals surface area contributed by atoms with Crippen molar-refractivity contribution in [1.29, 1.82) is 0 Å². The van der Waals surface area contributed by atoms with Gasteiger partial charge in [0.05, 0.1) is 11.9 Å². The molecule has 0 radical (unpaired) electrons. The molecular weight excluding hydrogens is 162 g/mol. The maximum absolute atomic E-state index is 4.22. The van der Waals surface area contributed by atoms with E-state index >= 15 is 0 Å². The van der Waals surface area contributed by atoms with Gasteiger partial charge < -0.3 is 5.32 Å². The molecule has 0 amide bonds. The van der Waals surface area contributed by atoms with Gasteiger partial charge in [0.2, 0.25) is 0 Å². The molecule has 3 heteroatoms. The number of aromatic nitrogens is 2. The molecule has 0 unspecified atom stereocenters. The van der Waals surface area contributed by atoms with E-state index in [1.54, 1.807) is 0 Å². The predicted octanol–water partition coefficient (Wildman–Crippen LogP) is 2.11. The molecule has 1 aromatic rings. The molecule has 72 valence electrons. The molecule has 1 aliphatic carbocycles. The van der Waals surface area contributed by atoms with Crippen molar-refractivity contribution in [2.45, 2.75) is 39.3 Å². The van der Waals surface area contributed by atoms with Crippen LogP contribution >= 0.6 is 0 Å². The van der Waals surface area contributed by atoms with Crippen molar-refractivity contribution in [3.05, 3.63) is 12.4 Å². The molecule has 1 N–H and O–H groups in total. The van der Waals surface area contributed by atoms with Crippen LogP contribution < -0.4 is 5.32 Å². The maximum atomic E-state index is 4.22. The Kier molecular flexibility index (Phi) is 2.25. The average Bonchev–Trinajstić information content (AvgIpc) is 2.88. The molecule has 0 aromatic carbocycles. The molecule has 0 aliphatic heterocycles. The molecule has 1 atom stereocenters. The zero-order valence-electron chi connectivity index (χ0n) is 8.33. The van der Waals surface area contributed by atoms with Crippen molar-refractivity contribution in [1.82, 2.24) is 9.78 Å². The van der Waals surface area contributed by atoms with E-state index < -0.39 is 0 Å². The number of rotatable bonds is 4. The molecule has 0 saturated heterocycles. The minimum absolute atomic E-state index is 0.606. The Hall–Kier alpha value is -0.990. The normalized spacial score (nSPS) is 18.6. The average molecular weight is 179 g/mol. The number of nitrogens with zero attached hydrogens (tertiary/aromatic N) is 2. The summed E-state index contributed by atoms with van der Waals surface area (Å²) in [5, 5.41) is 7.70. The van der Waals surface area contributed by atoms with Gasteiger partial charge in [-0.05, 0) is 32.6 Å². The van der Waals surface area contributed by atoms with Gasteiger partial charge in [-0.3, -0.25) is 4.68 Å². The van der Waals surface area contributed by atoms with Crippen LogP contribution in [0.25, 0.3) is 0 Å². The van der Waals surface area contributed by atoms with Gasteiger partial charge in [0.1, 0.15) is 0 Å². The molecular formula is C10H17N3. The van der Waals surface area contributed by atoms with Crippen LogP contribution in [0.3, 0.4) is 0 Å². The Labute approximate surface area is 79.1 Å². The van der Waals surface area contributed by atoms with Crippen LogP contribution in [0.5, 0.6) is 0 Å². The summed E-state index contributed by atoms with van der Waals surface area (Å²) in [4.78, 5) is 0. The van der Waals surface area contributed by atoms with Gasteiger partial charge in [-0.25, -0.2) is 0 Å². The molecule has 0 bridgehead atoms. The molecule has 3 nitrogen and oxygen atoms in total. The summed E-state index contributed by atoms with van der Waals surface area (Å²) in [6.45, 7) is 5.29. The lowest BCUT2D eigenvalue weighted by Gasteiger charge is -2.11. The minimum Gasteiger partial charge on any atom is -0.380 e. The molecule has 1 saturated carbocycles. The summed E-state index contributed by atoms with van der Waals surface area (Å²) in [7, 11) is 0. The molecule has 0 spiro atoms. The number of hydrogen-bond acceptors (Lipinski definition) is 2. The zero-order chi connectivity index (χ0) is 9.26. The van der Waals surface area contributed by atoms with E-state index in [0.717, 1.165) is 18.2 Å². The van der Waals surface area contributed by atoms with Gasteiger partial charge >= 0.3 is 0 Å². The first-order valence-electron chi connectivity index (χ1n) is 5.08. The van der Waals surface area contributed by atoms with Crippen LogP contribution in [0, 0.1) is 5.92 Å². The summed E-state index contributed by atoms with van der Waals surface area (Å²) in [6.07, 6.45) is 6.74. The smallest absolute Gasteiger partial charge is 0.0728 e. The standard InChI is InChI=1S/C10H17N3/c1-3-13-7-10(6-11-13)12-8(2)9-4-5-9/h6-9,12H,3-5H2,1-2H3/t8-/m0/s1. The molecule has 1 aliphatic rings. The molecule has 2 rings (SSSR count). The van der Waals surface area contributed by atoms with Crippen LogP contribution in [0.1, 0.15) is 26.7 Å². The summed E-state index contributed by atoms with van der Waals surface area (Å²) in [6, 6.07) is 0.606. The van der Waals surface area contributed by atoms with E-state index in [-0.39, 0.29) is 0 Å². The Morgan fingerprint density at radius 1 is 1.69 bits per heavy atom. The Balaban J connectivity index is 1.92. The fourth-order valence-electron chi connectivity index (χ4n) is 1.59. The SMILES string of the molecule is CCn1cc(N[C@@H](C)C2CC2)cn1. The highest BCUT2D eigenvalue weighted by Crippen LogP contribution is 2.33. The third-order valence-corrected chi connectivity index (χ3v) is 2.68. The van der Waals surface area contributed by atoms with Crippen LogP contribution in [0.2, 0.25) is 0 Å². The monoisotopic (exact) mass is 179 g/mol. The minimum atomic E-state index is 0.606. The lowest BCUT2D eigenvalue weighted by atomic mass is 10.2. The van der Waals surface area contributed by atoms with Crippen molar-refractivity contribution in [3.63, 3.8) is 0 Å². The predicted molar refractivity (Wildman–Crippen MR) is 53.7 cm³/mol. The Bertz CT molecular complexity index is 275. The van der Waals surface area contributed by atoms with Gasteiger partial charge in [-0.2, -0.15) is 5.10 Å². The topological polar surface area (TPSA) is 29.9 Å². The highest BCUT2D eigenvalue weighted by molar-refractivity contribution is 5.39. The van der Waals surface area contributed by atoms with E-state index in [2.05, 4.69) is 30.5 Å². The van der Waals surface area contributed by atoms with Crippen LogP contribution in [-0.2, 0) is 6.54 Å². The van der Waals surface area contributed by atoms with Crippen LogP contribution in [0.4, 0.5) is 5.69 Å². The van der Waals surface area contributed by atoms with Crippen molar-refractivity contribution in [2.24, 2.45) is 5.92 Å². The van der Waals surface area contributed by atoms with Gasteiger partial charge in [0.15, 0.2) is 0 Å². The van der Waals surface area contributed by atoms with Crippen LogP contribution in [-0.4, -0.2) is 15.8 Å². The zero-order valence-corrected chi connectivity index (χ0v) is 8.33. The van der Waals surface area contributed by atoms with Gasteiger partial charge in [0.25, 0.3) is 0 Å². The van der Waals surface area contributed by atoms with E-state index in [0.29, 0.717) is 6.04 Å². The van der Waals surface area contributed by atoms with Crippen molar-refractivity contribution < 1.29 is 0 Å². The Morgan fingerprint density at radius 2 is 2.46 bits per heavy atom. The second-order valence-electron chi connectivity index (χ2n) is 3.86. The van der Waals surface area contributed by atoms with Gasteiger partial charge in [-0.15, -0.1) is 0 Å². The van der Waals surface area contributed by atoms with E-state index in [4.69, 9.17) is 0 Å². The molecule has 1 aromatic heterocycles. The van der Waals surface area contributed by atoms with Crippen molar-refractivity contribution in [2.75, 3.05) is 5.32 Å². The highest BCUT2D eigenvalue weighted by atomic mass is 15.3. The lowest BCUT2D eigenvalue weighted by molar-refractivity contribution is 0.659. The third-order valence-electron chi connectivity index (χ3n) is 2.68. The number of nitrogens with one attached hydrogen (secondary N) is 1. The second kappa shape index (κ2) is 3.40. The Morgan fingerprint density at radius 3 is 3.00 bits per heavy atom. The fraction of sp³-hybridized carbons (Fsp3) is 0.700. The second-order valence-corrected chi connectivity index (χ2v) is 3.86. The number of hydrogen-bond donors (Lipinski definition) is 1. The maximum Gasteiger partial charge on any atom is 0.0728 e. The lowest BCUT2D eigenvalue weighted by Crippen LogP contribution is -2.16. The van der Waals surface area contributed by atoms with E-state index in [1.807, 2.05) is 10.9 Å². The summed E-state index contributed by atoms with van der Waals surface area (Å²) >= 11 is 0. The van der Waals surface area contributed by atoms with Crippen LogP contribution in [0.15, 0.2) is 12.4 Å².